The van der Waals surface area contributed by atoms with Crippen molar-refractivity contribution in [2.75, 3.05) is 0 Å². The van der Waals surface area contributed by atoms with Gasteiger partial charge in [-0.05, 0) is 13.3 Å². The number of rotatable bonds is 2. The average Bonchev–Trinajstić information content (AvgIpc) is 2.28. The van der Waals surface area contributed by atoms with Gasteiger partial charge < -0.3 is 4.74 Å². The minimum Gasteiger partial charge on any atom is -0.389 e. The smallest absolute Gasteiger partial charge is 0.342 e. The first-order chi connectivity index (χ1) is 5.70. The lowest BCUT2D eigenvalue weighted by atomic mass is 9.97. The van der Waals surface area contributed by atoms with Gasteiger partial charge in [-0.2, -0.15) is 0 Å². The number of hydrogen-bond acceptors (Lipinski definition) is 3. The Kier molecular flexibility index (Phi) is 2.63. The molecule has 0 radical (unpaired) electrons. The minimum absolute atomic E-state index is 0.313. The molecule has 0 N–H and O–H groups in total. The van der Waals surface area contributed by atoms with Gasteiger partial charge in [-0.25, -0.2) is 4.79 Å². The van der Waals surface area contributed by atoms with Gasteiger partial charge in [-0.1, -0.05) is 19.4 Å². The molecular formula is C9H12O3. The van der Waals surface area contributed by atoms with Crippen molar-refractivity contribution >= 4 is 11.9 Å². The van der Waals surface area contributed by atoms with Gasteiger partial charge in [0.15, 0.2) is 0 Å². The Hall–Kier alpha value is -1.12. The average molecular weight is 168 g/mol. The zero-order valence-electron chi connectivity index (χ0n) is 7.29. The molecule has 0 spiro atoms. The van der Waals surface area contributed by atoms with Crippen molar-refractivity contribution in [2.24, 2.45) is 5.92 Å². The number of carbonyl (C=O) groups is 2. The quantitative estimate of drug-likeness (QED) is 0.356. The lowest BCUT2D eigenvalue weighted by Gasteiger charge is -2.01. The predicted molar refractivity (Wildman–Crippen MR) is 43.3 cm³/mol. The first kappa shape index (κ1) is 8.97. The number of hydrogen-bond donors (Lipinski definition) is 0. The van der Waals surface area contributed by atoms with Gasteiger partial charge in [0.2, 0.25) is 0 Å². The van der Waals surface area contributed by atoms with Crippen LogP contribution in [0.15, 0.2) is 11.6 Å². The highest BCUT2D eigenvalue weighted by atomic mass is 16.6. The fourth-order valence-corrected chi connectivity index (χ4v) is 1.37. The van der Waals surface area contributed by atoms with E-state index in [0.717, 1.165) is 6.42 Å². The molecule has 0 aromatic rings. The van der Waals surface area contributed by atoms with Crippen LogP contribution in [0.25, 0.3) is 0 Å². The number of carbonyl (C=O) groups excluding carboxylic acids is 2. The maximum Gasteiger partial charge on any atom is 0.342 e. The molecular weight excluding hydrogens is 156 g/mol. The Morgan fingerprint density at radius 1 is 1.50 bits per heavy atom. The first-order valence-electron chi connectivity index (χ1n) is 4.13. The summed E-state index contributed by atoms with van der Waals surface area (Å²) in [6.07, 6.45) is 3.24. The normalized spacial score (nSPS) is 26.5. The highest BCUT2D eigenvalue weighted by Gasteiger charge is 2.37. The fourth-order valence-electron chi connectivity index (χ4n) is 1.37. The summed E-state index contributed by atoms with van der Waals surface area (Å²) in [5, 5.41) is 0. The van der Waals surface area contributed by atoms with Crippen LogP contribution in [0.3, 0.4) is 0 Å². The van der Waals surface area contributed by atoms with Crippen LogP contribution >= 0.6 is 0 Å². The molecule has 1 aliphatic heterocycles. The van der Waals surface area contributed by atoms with E-state index in [9.17, 15) is 9.59 Å². The summed E-state index contributed by atoms with van der Waals surface area (Å²) in [7, 11) is 0. The van der Waals surface area contributed by atoms with E-state index < -0.39 is 11.9 Å². The first-order valence-corrected chi connectivity index (χ1v) is 4.13. The van der Waals surface area contributed by atoms with E-state index in [0.29, 0.717) is 12.0 Å². The molecule has 1 aliphatic rings. The summed E-state index contributed by atoms with van der Waals surface area (Å²) in [4.78, 5) is 22.0. The Labute approximate surface area is 71.4 Å². The Morgan fingerprint density at radius 2 is 2.17 bits per heavy atom. The van der Waals surface area contributed by atoms with Crippen molar-refractivity contribution in [1.29, 1.82) is 0 Å². The summed E-state index contributed by atoms with van der Waals surface area (Å²) >= 11 is 0. The molecule has 1 fully saturated rings. The molecule has 1 unspecified atom stereocenters. The third kappa shape index (κ3) is 1.40. The third-order valence-electron chi connectivity index (χ3n) is 1.98. The van der Waals surface area contributed by atoms with Crippen LogP contribution in [0, 0.1) is 5.92 Å². The van der Waals surface area contributed by atoms with Crippen molar-refractivity contribution in [1.82, 2.24) is 0 Å². The topological polar surface area (TPSA) is 43.4 Å². The molecule has 0 bridgehead atoms. The number of cyclic esters (lactones) is 2. The van der Waals surface area contributed by atoms with Gasteiger partial charge in [-0.15, -0.1) is 0 Å². The lowest BCUT2D eigenvalue weighted by Crippen LogP contribution is -2.08. The van der Waals surface area contributed by atoms with E-state index in [1.165, 1.54) is 0 Å². The second-order valence-electron chi connectivity index (χ2n) is 2.79. The van der Waals surface area contributed by atoms with Crippen LogP contribution in [0.2, 0.25) is 0 Å². The van der Waals surface area contributed by atoms with Gasteiger partial charge in [0.1, 0.15) is 0 Å². The zero-order chi connectivity index (χ0) is 9.14. The van der Waals surface area contributed by atoms with Gasteiger partial charge >= 0.3 is 11.9 Å². The Morgan fingerprint density at radius 3 is 2.67 bits per heavy atom. The lowest BCUT2D eigenvalue weighted by molar-refractivity contribution is -0.152. The van der Waals surface area contributed by atoms with Crippen LogP contribution in [0.4, 0.5) is 0 Å². The minimum atomic E-state index is -0.471. The van der Waals surface area contributed by atoms with Crippen molar-refractivity contribution in [3.8, 4) is 0 Å². The zero-order valence-corrected chi connectivity index (χ0v) is 7.29. The van der Waals surface area contributed by atoms with Gasteiger partial charge in [0.25, 0.3) is 0 Å². The molecule has 3 heteroatoms. The number of ether oxygens (including phenoxy) is 1. The summed E-state index contributed by atoms with van der Waals surface area (Å²) < 4.78 is 4.48. The summed E-state index contributed by atoms with van der Waals surface area (Å²) in [5.74, 6) is -1.18. The third-order valence-corrected chi connectivity index (χ3v) is 1.98. The maximum absolute atomic E-state index is 11.1. The van der Waals surface area contributed by atoms with Crippen LogP contribution < -0.4 is 0 Å². The molecule has 0 aromatic heterocycles. The second-order valence-corrected chi connectivity index (χ2v) is 2.79. The van der Waals surface area contributed by atoms with Crippen molar-refractivity contribution in [3.05, 3.63) is 11.6 Å². The monoisotopic (exact) mass is 168 g/mol. The SMILES string of the molecule is CC=C1C(=O)OC(=O)C1CCC. The van der Waals surface area contributed by atoms with Crippen molar-refractivity contribution in [3.63, 3.8) is 0 Å². The van der Waals surface area contributed by atoms with Crippen LogP contribution in [0.5, 0.6) is 0 Å². The summed E-state index contributed by atoms with van der Waals surface area (Å²) in [6.45, 7) is 3.72. The maximum atomic E-state index is 11.1. The molecule has 66 valence electrons. The van der Waals surface area contributed by atoms with E-state index in [-0.39, 0.29) is 5.92 Å². The molecule has 0 aliphatic carbocycles. The van der Waals surface area contributed by atoms with E-state index >= 15 is 0 Å². The van der Waals surface area contributed by atoms with Crippen molar-refractivity contribution in [2.45, 2.75) is 26.7 Å². The molecule has 3 nitrogen and oxygen atoms in total. The number of esters is 2. The van der Waals surface area contributed by atoms with Crippen LogP contribution in [-0.2, 0) is 14.3 Å². The van der Waals surface area contributed by atoms with E-state index in [1.54, 1.807) is 13.0 Å². The summed E-state index contributed by atoms with van der Waals surface area (Å²) in [5.41, 5.74) is 0.516. The molecule has 0 saturated carbocycles. The highest BCUT2D eigenvalue weighted by Crippen LogP contribution is 2.26. The van der Waals surface area contributed by atoms with E-state index in [2.05, 4.69) is 4.74 Å². The molecule has 1 rings (SSSR count). The summed E-state index contributed by atoms with van der Waals surface area (Å²) in [6, 6.07) is 0. The Balaban J connectivity index is 2.83. The van der Waals surface area contributed by atoms with E-state index in [1.807, 2.05) is 6.92 Å². The van der Waals surface area contributed by atoms with Gasteiger partial charge in [0, 0.05) is 5.57 Å². The molecule has 0 amide bonds. The predicted octanol–water partition coefficient (Wildman–Crippen LogP) is 1.43. The van der Waals surface area contributed by atoms with Crippen LogP contribution in [-0.4, -0.2) is 11.9 Å². The molecule has 1 atom stereocenters. The van der Waals surface area contributed by atoms with E-state index in [4.69, 9.17) is 0 Å². The number of allylic oxidation sites excluding steroid dienone is 1. The Bertz CT molecular complexity index is 240. The molecule has 1 heterocycles. The molecule has 12 heavy (non-hydrogen) atoms. The van der Waals surface area contributed by atoms with Crippen LogP contribution in [0.1, 0.15) is 26.7 Å². The standard InChI is InChI=1S/C9H12O3/c1-3-5-7-6(4-2)8(10)12-9(7)11/h4,7H,3,5H2,1-2H3. The second kappa shape index (κ2) is 3.52. The largest absolute Gasteiger partial charge is 0.389 e. The van der Waals surface area contributed by atoms with Gasteiger partial charge in [-0.3, -0.25) is 4.79 Å². The molecule has 0 aromatic carbocycles. The fraction of sp³-hybridized carbons (Fsp3) is 0.556. The van der Waals surface area contributed by atoms with Gasteiger partial charge in [0.05, 0.1) is 5.92 Å². The highest BCUT2D eigenvalue weighted by molar-refractivity contribution is 6.07. The van der Waals surface area contributed by atoms with Crippen molar-refractivity contribution < 1.29 is 14.3 Å². The molecule has 1 saturated heterocycles.